The van der Waals surface area contributed by atoms with Gasteiger partial charge in [-0.25, -0.2) is 4.98 Å². The summed E-state index contributed by atoms with van der Waals surface area (Å²) in [7, 11) is 0. The highest BCUT2D eigenvalue weighted by Crippen LogP contribution is 2.28. The SMILES string of the molecule is O=C(CCc1ncc(-c2ccccc2Cl)o1)N1CCCNCC1. The van der Waals surface area contributed by atoms with E-state index >= 15 is 0 Å². The Morgan fingerprint density at radius 2 is 2.17 bits per heavy atom. The second kappa shape index (κ2) is 7.62. The van der Waals surface area contributed by atoms with Crippen LogP contribution in [0.2, 0.25) is 5.02 Å². The van der Waals surface area contributed by atoms with Crippen molar-refractivity contribution in [1.29, 1.82) is 0 Å². The van der Waals surface area contributed by atoms with Crippen molar-refractivity contribution in [3.05, 3.63) is 41.4 Å². The molecule has 0 spiro atoms. The topological polar surface area (TPSA) is 58.4 Å². The summed E-state index contributed by atoms with van der Waals surface area (Å²) in [4.78, 5) is 18.4. The van der Waals surface area contributed by atoms with E-state index in [1.807, 2.05) is 29.2 Å². The van der Waals surface area contributed by atoms with Crippen LogP contribution in [0, 0.1) is 0 Å². The van der Waals surface area contributed by atoms with Crippen molar-refractivity contribution in [2.24, 2.45) is 0 Å². The highest BCUT2D eigenvalue weighted by atomic mass is 35.5. The predicted octanol–water partition coefficient (Wildman–Crippen LogP) is 2.75. The molecule has 6 heteroatoms. The van der Waals surface area contributed by atoms with E-state index < -0.39 is 0 Å². The summed E-state index contributed by atoms with van der Waals surface area (Å²) in [6, 6.07) is 7.48. The molecule has 5 nitrogen and oxygen atoms in total. The molecule has 1 aromatic carbocycles. The van der Waals surface area contributed by atoms with Gasteiger partial charge in [-0.15, -0.1) is 0 Å². The van der Waals surface area contributed by atoms with Crippen molar-refractivity contribution < 1.29 is 9.21 Å². The maximum absolute atomic E-state index is 12.3. The Bertz CT molecular complexity index is 663. The molecular weight excluding hydrogens is 314 g/mol. The van der Waals surface area contributed by atoms with Crippen LogP contribution in [0.4, 0.5) is 0 Å². The average molecular weight is 334 g/mol. The van der Waals surface area contributed by atoms with Gasteiger partial charge in [0, 0.05) is 38.0 Å². The molecule has 0 atom stereocenters. The molecule has 1 saturated heterocycles. The maximum Gasteiger partial charge on any atom is 0.223 e. The quantitative estimate of drug-likeness (QED) is 0.934. The molecule has 0 bridgehead atoms. The van der Waals surface area contributed by atoms with Crippen molar-refractivity contribution in [3.63, 3.8) is 0 Å². The van der Waals surface area contributed by atoms with Gasteiger partial charge in [-0.3, -0.25) is 4.79 Å². The Morgan fingerprint density at radius 3 is 3.04 bits per heavy atom. The molecule has 0 radical (unpaired) electrons. The Hall–Kier alpha value is -1.85. The highest BCUT2D eigenvalue weighted by Gasteiger charge is 2.16. The number of amides is 1. The van der Waals surface area contributed by atoms with Crippen LogP contribution in [-0.4, -0.2) is 42.0 Å². The molecule has 0 unspecified atom stereocenters. The van der Waals surface area contributed by atoms with E-state index in [1.165, 1.54) is 0 Å². The molecule has 23 heavy (non-hydrogen) atoms. The third-order valence-corrected chi connectivity index (χ3v) is 4.27. The van der Waals surface area contributed by atoms with E-state index in [0.717, 1.165) is 38.2 Å². The van der Waals surface area contributed by atoms with Gasteiger partial charge in [0.15, 0.2) is 11.7 Å². The summed E-state index contributed by atoms with van der Waals surface area (Å²) < 4.78 is 5.73. The lowest BCUT2D eigenvalue weighted by atomic mass is 10.2. The standard InChI is InChI=1S/C17H20ClN3O2/c18-14-5-2-1-4-13(14)15-12-20-16(23-15)6-7-17(22)21-10-3-8-19-9-11-21/h1-2,4-5,12,19H,3,6-11H2. The first-order valence-corrected chi connectivity index (χ1v) is 8.30. The van der Waals surface area contributed by atoms with E-state index in [4.69, 9.17) is 16.0 Å². The van der Waals surface area contributed by atoms with Gasteiger partial charge in [0.2, 0.25) is 5.91 Å². The fraction of sp³-hybridized carbons (Fsp3) is 0.412. The number of nitrogens with one attached hydrogen (secondary N) is 1. The number of oxazole rings is 1. The number of carbonyl (C=O) groups is 1. The summed E-state index contributed by atoms with van der Waals surface area (Å²) in [6.07, 6.45) is 3.59. The van der Waals surface area contributed by atoms with Gasteiger partial charge in [-0.05, 0) is 25.1 Å². The normalized spacial score (nSPS) is 15.4. The number of halogens is 1. The largest absolute Gasteiger partial charge is 0.441 e. The van der Waals surface area contributed by atoms with Crippen LogP contribution in [0.3, 0.4) is 0 Å². The van der Waals surface area contributed by atoms with Gasteiger partial charge in [0.25, 0.3) is 0 Å². The third-order valence-electron chi connectivity index (χ3n) is 3.94. The maximum atomic E-state index is 12.3. The number of benzene rings is 1. The van der Waals surface area contributed by atoms with E-state index in [2.05, 4.69) is 10.3 Å². The summed E-state index contributed by atoms with van der Waals surface area (Å²) in [5, 5.41) is 3.92. The number of nitrogens with zero attached hydrogens (tertiary/aromatic N) is 2. The number of hydrogen-bond donors (Lipinski definition) is 1. The third kappa shape index (κ3) is 4.12. The summed E-state index contributed by atoms with van der Waals surface area (Å²) >= 11 is 6.16. The van der Waals surface area contributed by atoms with Crippen LogP contribution in [-0.2, 0) is 11.2 Å². The molecule has 1 aliphatic rings. The lowest BCUT2D eigenvalue weighted by Crippen LogP contribution is -2.34. The fourth-order valence-electron chi connectivity index (χ4n) is 2.68. The molecule has 122 valence electrons. The minimum atomic E-state index is 0.159. The molecule has 2 heterocycles. The van der Waals surface area contributed by atoms with Crippen LogP contribution in [0.15, 0.2) is 34.9 Å². The van der Waals surface area contributed by atoms with Crippen molar-refractivity contribution in [3.8, 4) is 11.3 Å². The molecule has 3 rings (SSSR count). The zero-order valence-electron chi connectivity index (χ0n) is 12.9. The molecule has 1 N–H and O–H groups in total. The van der Waals surface area contributed by atoms with Crippen molar-refractivity contribution in [2.75, 3.05) is 26.2 Å². The molecular formula is C17H20ClN3O2. The monoisotopic (exact) mass is 333 g/mol. The molecule has 1 amide bonds. The first-order valence-electron chi connectivity index (χ1n) is 7.92. The number of hydrogen-bond acceptors (Lipinski definition) is 4. The van der Waals surface area contributed by atoms with Gasteiger partial charge in [-0.2, -0.15) is 0 Å². The Labute approximate surface area is 140 Å². The number of carbonyl (C=O) groups excluding carboxylic acids is 1. The van der Waals surface area contributed by atoms with Crippen molar-refractivity contribution in [1.82, 2.24) is 15.2 Å². The zero-order chi connectivity index (χ0) is 16.1. The molecule has 0 aliphatic carbocycles. The van der Waals surface area contributed by atoms with Crippen LogP contribution in [0.1, 0.15) is 18.7 Å². The second-order valence-electron chi connectivity index (χ2n) is 5.58. The summed E-state index contributed by atoms with van der Waals surface area (Å²) in [5.41, 5.74) is 0.817. The number of rotatable bonds is 4. The highest BCUT2D eigenvalue weighted by molar-refractivity contribution is 6.33. The Balaban J connectivity index is 1.59. The van der Waals surface area contributed by atoms with E-state index in [1.54, 1.807) is 6.20 Å². The lowest BCUT2D eigenvalue weighted by Gasteiger charge is -2.19. The first-order chi connectivity index (χ1) is 11.2. The van der Waals surface area contributed by atoms with Crippen LogP contribution < -0.4 is 5.32 Å². The van der Waals surface area contributed by atoms with Crippen LogP contribution in [0.5, 0.6) is 0 Å². The fourth-order valence-corrected chi connectivity index (χ4v) is 2.91. The molecule has 1 aliphatic heterocycles. The van der Waals surface area contributed by atoms with E-state index in [9.17, 15) is 4.79 Å². The number of aryl methyl sites for hydroxylation is 1. The molecule has 1 aromatic heterocycles. The van der Waals surface area contributed by atoms with Gasteiger partial charge in [0.05, 0.1) is 11.2 Å². The van der Waals surface area contributed by atoms with Crippen LogP contribution in [0.25, 0.3) is 11.3 Å². The average Bonchev–Trinajstić information content (AvgIpc) is 2.86. The van der Waals surface area contributed by atoms with E-state index in [-0.39, 0.29) is 5.91 Å². The lowest BCUT2D eigenvalue weighted by molar-refractivity contribution is -0.131. The van der Waals surface area contributed by atoms with Crippen molar-refractivity contribution in [2.45, 2.75) is 19.3 Å². The van der Waals surface area contributed by atoms with Gasteiger partial charge < -0.3 is 14.6 Å². The van der Waals surface area contributed by atoms with Gasteiger partial charge in [0.1, 0.15) is 0 Å². The summed E-state index contributed by atoms with van der Waals surface area (Å²) in [5.74, 6) is 1.37. The Kier molecular flexibility index (Phi) is 5.31. The van der Waals surface area contributed by atoms with Crippen molar-refractivity contribution >= 4 is 17.5 Å². The smallest absolute Gasteiger partial charge is 0.223 e. The minimum absolute atomic E-state index is 0.159. The Morgan fingerprint density at radius 1 is 1.30 bits per heavy atom. The minimum Gasteiger partial charge on any atom is -0.441 e. The molecule has 2 aromatic rings. The van der Waals surface area contributed by atoms with Gasteiger partial charge in [-0.1, -0.05) is 23.7 Å². The number of aromatic nitrogens is 1. The predicted molar refractivity (Wildman–Crippen MR) is 89.3 cm³/mol. The first kappa shape index (κ1) is 16.0. The van der Waals surface area contributed by atoms with E-state index in [0.29, 0.717) is 29.5 Å². The zero-order valence-corrected chi connectivity index (χ0v) is 13.7. The molecule has 1 fully saturated rings. The summed E-state index contributed by atoms with van der Waals surface area (Å²) in [6.45, 7) is 3.43. The molecule has 0 saturated carbocycles. The second-order valence-corrected chi connectivity index (χ2v) is 5.99. The van der Waals surface area contributed by atoms with Crippen LogP contribution >= 0.6 is 11.6 Å². The van der Waals surface area contributed by atoms with Gasteiger partial charge >= 0.3 is 0 Å².